The van der Waals surface area contributed by atoms with Gasteiger partial charge in [-0.3, -0.25) is 9.36 Å². The van der Waals surface area contributed by atoms with Crippen molar-refractivity contribution in [1.82, 2.24) is 24.6 Å². The molecule has 0 aliphatic carbocycles. The van der Waals surface area contributed by atoms with Crippen LogP contribution in [0.4, 0.5) is 0 Å². The van der Waals surface area contributed by atoms with E-state index >= 15 is 0 Å². The fourth-order valence-electron chi connectivity index (χ4n) is 4.69. The van der Waals surface area contributed by atoms with E-state index in [0.29, 0.717) is 11.6 Å². The molecule has 0 N–H and O–H groups in total. The Balaban J connectivity index is 1.36. The van der Waals surface area contributed by atoms with Crippen molar-refractivity contribution in [2.45, 2.75) is 17.8 Å². The van der Waals surface area contributed by atoms with E-state index in [2.05, 4.69) is 22.0 Å². The molecule has 202 valence electrons. The van der Waals surface area contributed by atoms with Crippen LogP contribution < -0.4 is 9.47 Å². The zero-order chi connectivity index (χ0) is 27.2. The number of methoxy groups -OCH3 is 2. The minimum atomic E-state index is 0.101. The highest BCUT2D eigenvalue weighted by atomic mass is 32.2. The first kappa shape index (κ1) is 26.8. The maximum Gasteiger partial charge on any atom is 0.253 e. The Morgan fingerprint density at radius 3 is 2.38 bits per heavy atom. The molecule has 1 saturated heterocycles. The molecule has 3 aromatic carbocycles. The Hall–Kier alpha value is -3.82. The van der Waals surface area contributed by atoms with Gasteiger partial charge in [0.05, 0.1) is 19.9 Å². The summed E-state index contributed by atoms with van der Waals surface area (Å²) in [5.41, 5.74) is 3.58. The Kier molecular flexibility index (Phi) is 8.48. The molecule has 8 nitrogen and oxygen atoms in total. The number of hydrogen-bond donors (Lipinski definition) is 0. The van der Waals surface area contributed by atoms with Crippen molar-refractivity contribution in [2.75, 3.05) is 46.9 Å². The summed E-state index contributed by atoms with van der Waals surface area (Å²) in [5, 5.41) is 9.85. The predicted molar refractivity (Wildman–Crippen MR) is 154 cm³/mol. The molecule has 0 radical (unpaired) electrons. The molecule has 0 unspecified atom stereocenters. The van der Waals surface area contributed by atoms with Crippen LogP contribution >= 0.6 is 11.8 Å². The number of thioether (sulfide) groups is 1. The highest BCUT2D eigenvalue weighted by molar-refractivity contribution is 7.98. The molecule has 2 heterocycles. The smallest absolute Gasteiger partial charge is 0.253 e. The number of rotatable bonds is 9. The van der Waals surface area contributed by atoms with E-state index < -0.39 is 0 Å². The highest BCUT2D eigenvalue weighted by Crippen LogP contribution is 2.34. The lowest BCUT2D eigenvalue weighted by atomic mass is 10.1. The van der Waals surface area contributed by atoms with Gasteiger partial charge < -0.3 is 19.3 Å². The van der Waals surface area contributed by atoms with Crippen molar-refractivity contribution >= 4 is 17.7 Å². The van der Waals surface area contributed by atoms with Crippen molar-refractivity contribution in [3.63, 3.8) is 0 Å². The second kappa shape index (κ2) is 12.4. The number of ether oxygens (including phenoxy) is 2. The van der Waals surface area contributed by atoms with Crippen LogP contribution in [0.5, 0.6) is 11.5 Å². The Morgan fingerprint density at radius 2 is 1.67 bits per heavy atom. The van der Waals surface area contributed by atoms with Crippen molar-refractivity contribution in [3.05, 3.63) is 83.9 Å². The van der Waals surface area contributed by atoms with Gasteiger partial charge in [0, 0.05) is 43.1 Å². The maximum absolute atomic E-state index is 13.0. The molecule has 1 aromatic heterocycles. The molecule has 5 rings (SSSR count). The number of piperazine rings is 1. The number of hydrogen-bond acceptors (Lipinski definition) is 7. The first-order chi connectivity index (χ1) is 19.1. The minimum absolute atomic E-state index is 0.101. The zero-order valence-corrected chi connectivity index (χ0v) is 23.4. The van der Waals surface area contributed by atoms with Gasteiger partial charge in [0.25, 0.3) is 5.91 Å². The third kappa shape index (κ3) is 5.94. The van der Waals surface area contributed by atoms with E-state index in [1.54, 1.807) is 26.0 Å². The summed E-state index contributed by atoms with van der Waals surface area (Å²) in [5.74, 6) is 2.95. The fraction of sp³-hybridized carbons (Fsp3) is 0.300. The van der Waals surface area contributed by atoms with E-state index in [4.69, 9.17) is 9.47 Å². The second-order valence-corrected chi connectivity index (χ2v) is 10.2. The van der Waals surface area contributed by atoms with Crippen LogP contribution in [-0.2, 0) is 5.75 Å². The molecule has 39 heavy (non-hydrogen) atoms. The molecule has 1 fully saturated rings. The first-order valence-electron chi connectivity index (χ1n) is 13.1. The molecular weight excluding hydrogens is 510 g/mol. The van der Waals surface area contributed by atoms with E-state index in [-0.39, 0.29) is 5.91 Å². The van der Waals surface area contributed by atoms with Crippen LogP contribution in [0.25, 0.3) is 17.1 Å². The van der Waals surface area contributed by atoms with Gasteiger partial charge in [-0.25, -0.2) is 0 Å². The Labute approximate surface area is 233 Å². The van der Waals surface area contributed by atoms with Crippen LogP contribution in [0, 0.1) is 0 Å². The van der Waals surface area contributed by atoms with E-state index in [1.165, 1.54) is 0 Å². The van der Waals surface area contributed by atoms with Crippen molar-refractivity contribution in [3.8, 4) is 28.6 Å². The number of aromatic nitrogens is 3. The lowest BCUT2D eigenvalue weighted by molar-refractivity contribution is 0.0643. The monoisotopic (exact) mass is 543 g/mol. The normalized spacial score (nSPS) is 13.9. The summed E-state index contributed by atoms with van der Waals surface area (Å²) in [6, 6.07) is 23.5. The Bertz CT molecular complexity index is 1410. The van der Waals surface area contributed by atoms with Gasteiger partial charge in [-0.1, -0.05) is 55.1 Å². The molecular formula is C30H33N5O3S. The zero-order valence-electron chi connectivity index (χ0n) is 22.5. The predicted octanol–water partition coefficient (Wildman–Crippen LogP) is 5.02. The summed E-state index contributed by atoms with van der Waals surface area (Å²) in [4.78, 5) is 17.3. The molecule has 0 bridgehead atoms. The average Bonchev–Trinajstić information content (AvgIpc) is 3.43. The second-order valence-electron chi connectivity index (χ2n) is 9.26. The van der Waals surface area contributed by atoms with Crippen molar-refractivity contribution < 1.29 is 14.3 Å². The number of amides is 1. The molecule has 1 aliphatic rings. The minimum Gasteiger partial charge on any atom is -0.497 e. The molecule has 0 saturated carbocycles. The average molecular weight is 544 g/mol. The third-order valence-electron chi connectivity index (χ3n) is 6.96. The van der Waals surface area contributed by atoms with E-state index in [1.807, 2.05) is 82.3 Å². The van der Waals surface area contributed by atoms with Crippen LogP contribution in [0.15, 0.2) is 78.0 Å². The van der Waals surface area contributed by atoms with Gasteiger partial charge in [-0.2, -0.15) is 0 Å². The molecule has 0 atom stereocenters. The SMILES string of the molecule is CCN1CCN(C(=O)c2ccc(CSc3nnc(-c4cccc(OC)c4)n3-c3ccccc3OC)cc2)CC1. The number of para-hydroxylation sites is 2. The van der Waals surface area contributed by atoms with Gasteiger partial charge in [0.1, 0.15) is 11.5 Å². The summed E-state index contributed by atoms with van der Waals surface area (Å²) < 4.78 is 13.1. The third-order valence-corrected chi connectivity index (χ3v) is 7.96. The quantitative estimate of drug-likeness (QED) is 0.275. The Morgan fingerprint density at radius 1 is 0.897 bits per heavy atom. The van der Waals surface area contributed by atoms with Crippen LogP contribution in [0.3, 0.4) is 0 Å². The standard InChI is InChI=1S/C30H33N5O3S/c1-4-33-16-18-34(19-17-33)29(36)23-14-12-22(13-15-23)21-39-30-32-31-28(24-8-7-9-25(20-24)37-2)35(30)26-10-5-6-11-27(26)38-3/h5-15,20H,4,16-19,21H2,1-3H3. The lowest BCUT2D eigenvalue weighted by Gasteiger charge is -2.34. The number of carbonyl (C=O) groups excluding carboxylic acids is 1. The molecule has 1 aliphatic heterocycles. The topological polar surface area (TPSA) is 72.7 Å². The maximum atomic E-state index is 13.0. The summed E-state index contributed by atoms with van der Waals surface area (Å²) >= 11 is 1.59. The number of nitrogens with zero attached hydrogens (tertiary/aromatic N) is 5. The van der Waals surface area contributed by atoms with Gasteiger partial charge >= 0.3 is 0 Å². The first-order valence-corrected chi connectivity index (χ1v) is 14.1. The molecule has 0 spiro atoms. The fourth-order valence-corrected chi connectivity index (χ4v) is 5.59. The van der Waals surface area contributed by atoms with Crippen LogP contribution in [-0.4, -0.2) is 77.4 Å². The molecule has 4 aromatic rings. The summed E-state index contributed by atoms with van der Waals surface area (Å²) in [6.07, 6.45) is 0. The summed E-state index contributed by atoms with van der Waals surface area (Å²) in [6.45, 7) is 6.60. The molecule has 9 heteroatoms. The number of benzene rings is 3. The van der Waals surface area contributed by atoms with Gasteiger partial charge in [0.2, 0.25) is 0 Å². The van der Waals surface area contributed by atoms with E-state index in [9.17, 15) is 4.79 Å². The van der Waals surface area contributed by atoms with Crippen molar-refractivity contribution in [2.24, 2.45) is 0 Å². The summed E-state index contributed by atoms with van der Waals surface area (Å²) in [7, 11) is 3.31. The van der Waals surface area contributed by atoms with Gasteiger partial charge in [-0.15, -0.1) is 10.2 Å². The van der Waals surface area contributed by atoms with Crippen LogP contribution in [0.2, 0.25) is 0 Å². The van der Waals surface area contributed by atoms with Crippen molar-refractivity contribution in [1.29, 1.82) is 0 Å². The number of carbonyl (C=O) groups is 1. The lowest BCUT2D eigenvalue weighted by Crippen LogP contribution is -2.48. The van der Waals surface area contributed by atoms with E-state index in [0.717, 1.165) is 71.8 Å². The highest BCUT2D eigenvalue weighted by Gasteiger charge is 2.22. The van der Waals surface area contributed by atoms with Gasteiger partial charge in [-0.05, 0) is 48.5 Å². The van der Waals surface area contributed by atoms with Crippen LogP contribution in [0.1, 0.15) is 22.8 Å². The number of likely N-dealkylation sites (N-methyl/N-ethyl adjacent to an activating group) is 1. The molecule has 1 amide bonds. The van der Waals surface area contributed by atoms with Gasteiger partial charge in [0.15, 0.2) is 11.0 Å². The largest absolute Gasteiger partial charge is 0.497 e.